The van der Waals surface area contributed by atoms with Gasteiger partial charge in [0.2, 0.25) is 0 Å². The number of para-hydroxylation sites is 2. The minimum atomic E-state index is 0.0194. The highest BCUT2D eigenvalue weighted by Crippen LogP contribution is 2.33. The Hall–Kier alpha value is -3.07. The molecule has 0 bridgehead atoms. The Labute approximate surface area is 174 Å². The second-order valence-electron chi connectivity index (χ2n) is 7.45. The van der Waals surface area contributed by atoms with Crippen LogP contribution in [0.1, 0.15) is 36.5 Å². The molecule has 0 N–H and O–H groups in total. The summed E-state index contributed by atoms with van der Waals surface area (Å²) in [6, 6.07) is 26.4. The molecule has 3 nitrogen and oxygen atoms in total. The van der Waals surface area contributed by atoms with Crippen molar-refractivity contribution in [3.05, 3.63) is 95.6 Å². The Morgan fingerprint density at radius 2 is 1.38 bits per heavy atom. The van der Waals surface area contributed by atoms with Crippen molar-refractivity contribution in [2.75, 3.05) is 11.4 Å². The molecule has 0 aliphatic heterocycles. The highest BCUT2D eigenvalue weighted by molar-refractivity contribution is 6.00. The second-order valence-corrected chi connectivity index (χ2v) is 7.45. The summed E-state index contributed by atoms with van der Waals surface area (Å²) in [6.45, 7) is 7.64. The molecule has 0 radical (unpaired) electrons. The van der Waals surface area contributed by atoms with Crippen LogP contribution in [0, 0.1) is 13.8 Å². The summed E-state index contributed by atoms with van der Waals surface area (Å²) in [5, 5.41) is 0. The van der Waals surface area contributed by atoms with Gasteiger partial charge >= 0.3 is 6.03 Å². The van der Waals surface area contributed by atoms with Gasteiger partial charge in [-0.3, -0.25) is 4.90 Å². The molecule has 0 atom stereocenters. The van der Waals surface area contributed by atoms with E-state index in [0.29, 0.717) is 6.54 Å². The molecule has 3 aromatic carbocycles. The molecule has 0 aliphatic rings. The van der Waals surface area contributed by atoms with Crippen molar-refractivity contribution in [1.82, 2.24) is 4.90 Å². The van der Waals surface area contributed by atoms with Crippen molar-refractivity contribution in [3.8, 4) is 0 Å². The van der Waals surface area contributed by atoms with Crippen molar-refractivity contribution in [3.63, 3.8) is 0 Å². The maximum absolute atomic E-state index is 13.9. The molecule has 0 aromatic heterocycles. The Morgan fingerprint density at radius 1 is 0.793 bits per heavy atom. The van der Waals surface area contributed by atoms with E-state index >= 15 is 0 Å². The molecule has 0 saturated heterocycles. The Bertz CT molecular complexity index is 902. The quantitative estimate of drug-likeness (QED) is 0.435. The highest BCUT2D eigenvalue weighted by Gasteiger charge is 2.26. The zero-order chi connectivity index (χ0) is 20.6. The number of anilines is 2. The fraction of sp³-hybridized carbons (Fsp3) is 0.269. The van der Waals surface area contributed by atoms with Crippen molar-refractivity contribution in [2.24, 2.45) is 0 Å². The maximum atomic E-state index is 13.9. The monoisotopic (exact) mass is 386 g/mol. The van der Waals surface area contributed by atoms with Crippen LogP contribution in [0.25, 0.3) is 0 Å². The van der Waals surface area contributed by atoms with Crippen molar-refractivity contribution >= 4 is 17.4 Å². The van der Waals surface area contributed by atoms with E-state index in [9.17, 15) is 4.79 Å². The van der Waals surface area contributed by atoms with Crippen LogP contribution in [0.5, 0.6) is 0 Å². The van der Waals surface area contributed by atoms with E-state index in [4.69, 9.17) is 0 Å². The van der Waals surface area contributed by atoms with Crippen molar-refractivity contribution in [1.29, 1.82) is 0 Å². The number of amides is 2. The van der Waals surface area contributed by atoms with Crippen molar-refractivity contribution < 1.29 is 4.79 Å². The van der Waals surface area contributed by atoms with E-state index in [1.807, 2.05) is 64.4 Å². The van der Waals surface area contributed by atoms with Gasteiger partial charge in [0.1, 0.15) is 0 Å². The molecule has 29 heavy (non-hydrogen) atoms. The summed E-state index contributed by atoms with van der Waals surface area (Å²) < 4.78 is 0. The van der Waals surface area contributed by atoms with Gasteiger partial charge in [-0.05, 0) is 49.1 Å². The van der Waals surface area contributed by atoms with Crippen LogP contribution in [0.2, 0.25) is 0 Å². The number of carbonyl (C=O) groups is 1. The van der Waals surface area contributed by atoms with Crippen LogP contribution < -0.4 is 4.90 Å². The third-order valence-corrected chi connectivity index (χ3v) is 5.14. The van der Waals surface area contributed by atoms with Gasteiger partial charge in [-0.15, -0.1) is 0 Å². The lowest BCUT2D eigenvalue weighted by Crippen LogP contribution is -2.41. The van der Waals surface area contributed by atoms with E-state index < -0.39 is 0 Å². The van der Waals surface area contributed by atoms with Gasteiger partial charge in [-0.2, -0.15) is 0 Å². The van der Waals surface area contributed by atoms with E-state index in [2.05, 4.69) is 45.0 Å². The van der Waals surface area contributed by atoms with Crippen LogP contribution in [-0.4, -0.2) is 17.5 Å². The first kappa shape index (κ1) is 20.7. The molecule has 3 heteroatoms. The minimum Gasteiger partial charge on any atom is -0.320 e. The fourth-order valence-corrected chi connectivity index (χ4v) is 3.61. The van der Waals surface area contributed by atoms with Gasteiger partial charge in [0, 0.05) is 13.1 Å². The van der Waals surface area contributed by atoms with Gasteiger partial charge in [0.25, 0.3) is 0 Å². The SMILES string of the molecule is CCCCN(Cc1ccccc1)C(=O)N(c1ccccc1)c1c(C)cccc1C. The normalized spacial score (nSPS) is 10.6. The predicted octanol–water partition coefficient (Wildman–Crippen LogP) is 6.86. The summed E-state index contributed by atoms with van der Waals surface area (Å²) in [5.41, 5.74) is 5.20. The highest BCUT2D eigenvalue weighted by atomic mass is 16.2. The molecule has 0 unspecified atom stereocenters. The smallest absolute Gasteiger partial charge is 0.320 e. The summed E-state index contributed by atoms with van der Waals surface area (Å²) in [6.07, 6.45) is 2.03. The van der Waals surface area contributed by atoms with E-state index in [1.165, 1.54) is 0 Å². The van der Waals surface area contributed by atoms with Crippen LogP contribution in [-0.2, 0) is 6.54 Å². The lowest BCUT2D eigenvalue weighted by molar-refractivity contribution is 0.203. The van der Waals surface area contributed by atoms with Gasteiger partial charge in [0.15, 0.2) is 0 Å². The number of hydrogen-bond donors (Lipinski definition) is 0. The zero-order valence-corrected chi connectivity index (χ0v) is 17.6. The Morgan fingerprint density at radius 3 is 1.97 bits per heavy atom. The van der Waals surface area contributed by atoms with Crippen molar-refractivity contribution in [2.45, 2.75) is 40.2 Å². The standard InChI is InChI=1S/C26H30N2O/c1-4-5-19-27(20-23-15-8-6-9-16-23)26(29)28(24-17-10-7-11-18-24)25-21(2)13-12-14-22(25)3/h6-18H,4-5,19-20H2,1-3H3. The summed E-state index contributed by atoms with van der Waals surface area (Å²) in [7, 11) is 0. The predicted molar refractivity (Wildman–Crippen MR) is 122 cm³/mol. The summed E-state index contributed by atoms with van der Waals surface area (Å²) in [5.74, 6) is 0. The first-order valence-electron chi connectivity index (χ1n) is 10.4. The molecular weight excluding hydrogens is 356 g/mol. The third-order valence-electron chi connectivity index (χ3n) is 5.14. The fourth-order valence-electron chi connectivity index (χ4n) is 3.61. The molecule has 150 valence electrons. The minimum absolute atomic E-state index is 0.0194. The van der Waals surface area contributed by atoms with Gasteiger partial charge in [-0.25, -0.2) is 4.79 Å². The van der Waals surface area contributed by atoms with Gasteiger partial charge in [0.05, 0.1) is 11.4 Å². The molecule has 0 spiro atoms. The molecule has 2 amide bonds. The topological polar surface area (TPSA) is 23.6 Å². The third kappa shape index (κ3) is 5.05. The average Bonchev–Trinajstić information content (AvgIpc) is 2.75. The van der Waals surface area contributed by atoms with Crippen LogP contribution in [0.15, 0.2) is 78.9 Å². The second kappa shape index (κ2) is 9.92. The number of benzene rings is 3. The summed E-state index contributed by atoms with van der Waals surface area (Å²) in [4.78, 5) is 17.8. The number of aryl methyl sites for hydroxylation is 2. The molecule has 0 aliphatic carbocycles. The van der Waals surface area contributed by atoms with Gasteiger partial charge in [-0.1, -0.05) is 80.1 Å². The summed E-state index contributed by atoms with van der Waals surface area (Å²) >= 11 is 0. The average molecular weight is 387 g/mol. The Balaban J connectivity index is 2.03. The first-order chi connectivity index (χ1) is 14.1. The van der Waals surface area contributed by atoms with E-state index in [0.717, 1.165) is 47.5 Å². The number of unbranched alkanes of at least 4 members (excludes halogenated alkanes) is 1. The number of carbonyl (C=O) groups excluding carboxylic acids is 1. The number of nitrogens with zero attached hydrogens (tertiary/aromatic N) is 2. The number of rotatable bonds is 7. The molecular formula is C26H30N2O. The van der Waals surface area contributed by atoms with Crippen LogP contribution in [0.3, 0.4) is 0 Å². The lowest BCUT2D eigenvalue weighted by atomic mass is 10.1. The van der Waals surface area contributed by atoms with Crippen LogP contribution >= 0.6 is 0 Å². The van der Waals surface area contributed by atoms with Gasteiger partial charge < -0.3 is 4.90 Å². The molecule has 0 fully saturated rings. The molecule has 0 heterocycles. The zero-order valence-electron chi connectivity index (χ0n) is 17.6. The maximum Gasteiger partial charge on any atom is 0.329 e. The van der Waals surface area contributed by atoms with Crippen LogP contribution in [0.4, 0.5) is 16.2 Å². The number of urea groups is 1. The molecule has 0 saturated carbocycles. The Kier molecular flexibility index (Phi) is 7.07. The van der Waals surface area contributed by atoms with E-state index in [-0.39, 0.29) is 6.03 Å². The molecule has 3 rings (SSSR count). The van der Waals surface area contributed by atoms with E-state index in [1.54, 1.807) is 0 Å². The largest absolute Gasteiger partial charge is 0.329 e. The lowest BCUT2D eigenvalue weighted by Gasteiger charge is -2.33. The molecule has 3 aromatic rings. The number of hydrogen-bond acceptors (Lipinski definition) is 1. The first-order valence-corrected chi connectivity index (χ1v) is 10.4.